The van der Waals surface area contributed by atoms with E-state index in [1.807, 2.05) is 32.0 Å². The molecule has 3 rings (SSSR count). The SMILES string of the molecule is CCC(C)NC(=O)c1ccccc1NC(=O)c1cnc2ccccc2n1. The maximum absolute atomic E-state index is 12.6. The van der Waals surface area contributed by atoms with E-state index in [2.05, 4.69) is 20.6 Å². The molecule has 6 heteroatoms. The Morgan fingerprint density at radius 2 is 1.69 bits per heavy atom. The second kappa shape index (κ2) is 7.74. The van der Waals surface area contributed by atoms with Crippen LogP contribution in [-0.2, 0) is 0 Å². The number of benzene rings is 2. The van der Waals surface area contributed by atoms with E-state index in [1.54, 1.807) is 30.3 Å². The van der Waals surface area contributed by atoms with E-state index in [-0.39, 0.29) is 17.6 Å². The number of nitrogens with zero attached hydrogens (tertiary/aromatic N) is 2. The van der Waals surface area contributed by atoms with Crippen LogP contribution in [0.3, 0.4) is 0 Å². The van der Waals surface area contributed by atoms with Gasteiger partial charge in [-0.25, -0.2) is 4.98 Å². The van der Waals surface area contributed by atoms with Gasteiger partial charge in [-0.2, -0.15) is 0 Å². The fourth-order valence-electron chi connectivity index (χ4n) is 2.45. The van der Waals surface area contributed by atoms with E-state index < -0.39 is 5.91 Å². The molecule has 2 N–H and O–H groups in total. The molecule has 0 saturated carbocycles. The lowest BCUT2D eigenvalue weighted by Crippen LogP contribution is -2.32. The minimum atomic E-state index is -0.410. The number of carbonyl (C=O) groups excluding carboxylic acids is 2. The Bertz CT molecular complexity index is 955. The highest BCUT2D eigenvalue weighted by Gasteiger charge is 2.16. The van der Waals surface area contributed by atoms with Crippen LogP contribution in [0.15, 0.2) is 54.7 Å². The first-order valence-corrected chi connectivity index (χ1v) is 8.51. The molecule has 0 bridgehead atoms. The fraction of sp³-hybridized carbons (Fsp3) is 0.200. The normalized spacial score (nSPS) is 11.8. The van der Waals surface area contributed by atoms with Crippen molar-refractivity contribution in [2.75, 3.05) is 5.32 Å². The van der Waals surface area contributed by atoms with E-state index >= 15 is 0 Å². The monoisotopic (exact) mass is 348 g/mol. The highest BCUT2D eigenvalue weighted by atomic mass is 16.2. The van der Waals surface area contributed by atoms with E-state index in [0.29, 0.717) is 16.8 Å². The Morgan fingerprint density at radius 1 is 1.00 bits per heavy atom. The van der Waals surface area contributed by atoms with Crippen molar-refractivity contribution in [3.63, 3.8) is 0 Å². The van der Waals surface area contributed by atoms with Crippen LogP contribution in [0.4, 0.5) is 5.69 Å². The Kier molecular flexibility index (Phi) is 5.22. The molecular weight excluding hydrogens is 328 g/mol. The van der Waals surface area contributed by atoms with E-state index in [0.717, 1.165) is 11.9 Å². The van der Waals surface area contributed by atoms with Crippen molar-refractivity contribution in [2.45, 2.75) is 26.3 Å². The third kappa shape index (κ3) is 3.85. The van der Waals surface area contributed by atoms with Crippen molar-refractivity contribution in [2.24, 2.45) is 0 Å². The molecule has 1 atom stereocenters. The number of nitrogens with one attached hydrogen (secondary N) is 2. The van der Waals surface area contributed by atoms with Gasteiger partial charge >= 0.3 is 0 Å². The topological polar surface area (TPSA) is 84.0 Å². The lowest BCUT2D eigenvalue weighted by atomic mass is 10.1. The second-order valence-corrected chi connectivity index (χ2v) is 6.03. The summed E-state index contributed by atoms with van der Waals surface area (Å²) in [6, 6.07) is 14.3. The van der Waals surface area contributed by atoms with Gasteiger partial charge in [0.05, 0.1) is 28.5 Å². The van der Waals surface area contributed by atoms with Gasteiger partial charge in [-0.1, -0.05) is 31.2 Å². The van der Waals surface area contributed by atoms with Gasteiger partial charge in [-0.05, 0) is 37.6 Å². The number of anilines is 1. The Hall–Kier alpha value is -3.28. The van der Waals surface area contributed by atoms with E-state index in [1.165, 1.54) is 6.20 Å². The summed E-state index contributed by atoms with van der Waals surface area (Å²) in [7, 11) is 0. The zero-order valence-electron chi connectivity index (χ0n) is 14.7. The van der Waals surface area contributed by atoms with Crippen LogP contribution >= 0.6 is 0 Å². The third-order valence-corrected chi connectivity index (χ3v) is 4.09. The van der Waals surface area contributed by atoms with Gasteiger partial charge < -0.3 is 10.6 Å². The van der Waals surface area contributed by atoms with Gasteiger partial charge in [0.2, 0.25) is 0 Å². The first-order chi connectivity index (χ1) is 12.6. The number of rotatable bonds is 5. The van der Waals surface area contributed by atoms with Crippen molar-refractivity contribution in [3.05, 3.63) is 66.0 Å². The maximum Gasteiger partial charge on any atom is 0.275 e. The summed E-state index contributed by atoms with van der Waals surface area (Å²) in [5, 5.41) is 5.67. The van der Waals surface area contributed by atoms with Crippen LogP contribution in [0.5, 0.6) is 0 Å². The molecule has 0 saturated heterocycles. The summed E-state index contributed by atoms with van der Waals surface area (Å²) in [6.07, 6.45) is 2.26. The summed E-state index contributed by atoms with van der Waals surface area (Å²) < 4.78 is 0. The van der Waals surface area contributed by atoms with E-state index in [9.17, 15) is 9.59 Å². The Labute approximate surface area is 151 Å². The third-order valence-electron chi connectivity index (χ3n) is 4.09. The van der Waals surface area contributed by atoms with Crippen LogP contribution < -0.4 is 10.6 Å². The average Bonchev–Trinajstić information content (AvgIpc) is 2.67. The molecule has 1 unspecified atom stereocenters. The molecule has 1 heterocycles. The Morgan fingerprint density at radius 3 is 2.46 bits per heavy atom. The maximum atomic E-state index is 12.6. The highest BCUT2D eigenvalue weighted by Crippen LogP contribution is 2.17. The van der Waals surface area contributed by atoms with Crippen molar-refractivity contribution in [1.29, 1.82) is 0 Å². The molecule has 26 heavy (non-hydrogen) atoms. The number of amides is 2. The smallest absolute Gasteiger partial charge is 0.275 e. The predicted octanol–water partition coefficient (Wildman–Crippen LogP) is 3.41. The first kappa shape index (κ1) is 17.5. The van der Waals surface area contributed by atoms with Crippen molar-refractivity contribution in [3.8, 4) is 0 Å². The van der Waals surface area contributed by atoms with Crippen LogP contribution in [0.2, 0.25) is 0 Å². The number of para-hydroxylation sites is 3. The average molecular weight is 348 g/mol. The minimum Gasteiger partial charge on any atom is -0.350 e. The molecule has 132 valence electrons. The molecule has 0 aliphatic carbocycles. The van der Waals surface area contributed by atoms with Crippen molar-refractivity contribution in [1.82, 2.24) is 15.3 Å². The molecule has 2 amide bonds. The molecule has 0 radical (unpaired) electrons. The summed E-state index contributed by atoms with van der Waals surface area (Å²) in [5.74, 6) is -0.633. The molecule has 0 spiro atoms. The van der Waals surface area contributed by atoms with Crippen molar-refractivity contribution < 1.29 is 9.59 Å². The highest BCUT2D eigenvalue weighted by molar-refractivity contribution is 6.08. The van der Waals surface area contributed by atoms with E-state index in [4.69, 9.17) is 0 Å². The van der Waals surface area contributed by atoms with Gasteiger partial charge in [0.25, 0.3) is 11.8 Å². The van der Waals surface area contributed by atoms with Crippen LogP contribution in [-0.4, -0.2) is 27.8 Å². The quantitative estimate of drug-likeness (QED) is 0.740. The van der Waals surface area contributed by atoms with Crippen LogP contribution in [0.1, 0.15) is 41.1 Å². The molecule has 0 aliphatic heterocycles. The zero-order chi connectivity index (χ0) is 18.5. The number of aromatic nitrogens is 2. The summed E-state index contributed by atoms with van der Waals surface area (Å²) in [6.45, 7) is 3.93. The molecule has 1 aromatic heterocycles. The van der Waals surface area contributed by atoms with Crippen LogP contribution in [0.25, 0.3) is 11.0 Å². The summed E-state index contributed by atoms with van der Waals surface area (Å²) >= 11 is 0. The minimum absolute atomic E-state index is 0.0533. The molecule has 3 aromatic rings. The molecule has 2 aromatic carbocycles. The predicted molar refractivity (Wildman–Crippen MR) is 101 cm³/mol. The number of carbonyl (C=O) groups is 2. The zero-order valence-corrected chi connectivity index (χ0v) is 14.7. The second-order valence-electron chi connectivity index (χ2n) is 6.03. The molecule has 0 fully saturated rings. The lowest BCUT2D eigenvalue weighted by molar-refractivity contribution is 0.0940. The molecule has 0 aliphatic rings. The molecule has 6 nitrogen and oxygen atoms in total. The fourth-order valence-corrected chi connectivity index (χ4v) is 2.45. The first-order valence-electron chi connectivity index (χ1n) is 8.51. The lowest BCUT2D eigenvalue weighted by Gasteiger charge is -2.14. The largest absolute Gasteiger partial charge is 0.350 e. The van der Waals surface area contributed by atoms with Gasteiger partial charge in [0.1, 0.15) is 5.69 Å². The van der Waals surface area contributed by atoms with Gasteiger partial charge in [-0.3, -0.25) is 14.6 Å². The number of hydrogen-bond donors (Lipinski definition) is 2. The number of hydrogen-bond acceptors (Lipinski definition) is 4. The summed E-state index contributed by atoms with van der Waals surface area (Å²) in [4.78, 5) is 33.6. The summed E-state index contributed by atoms with van der Waals surface area (Å²) in [5.41, 5.74) is 2.41. The van der Waals surface area contributed by atoms with Gasteiger partial charge in [0.15, 0.2) is 0 Å². The van der Waals surface area contributed by atoms with Crippen molar-refractivity contribution >= 4 is 28.5 Å². The van der Waals surface area contributed by atoms with Gasteiger partial charge in [0, 0.05) is 6.04 Å². The standard InChI is InChI=1S/C20H20N4O2/c1-3-13(2)22-19(25)14-8-4-5-9-15(14)24-20(26)18-12-21-16-10-6-7-11-17(16)23-18/h4-13H,3H2,1-2H3,(H,22,25)(H,24,26). The Balaban J connectivity index is 1.83. The van der Waals surface area contributed by atoms with Gasteiger partial charge in [-0.15, -0.1) is 0 Å². The number of fused-ring (bicyclic) bond motifs is 1. The molecular formula is C20H20N4O2. The van der Waals surface area contributed by atoms with Crippen LogP contribution in [0, 0.1) is 0 Å².